The lowest BCUT2D eigenvalue weighted by molar-refractivity contribution is 0.582. The van der Waals surface area contributed by atoms with Gasteiger partial charge in [0.2, 0.25) is 0 Å². The first-order valence-corrected chi connectivity index (χ1v) is 21.4. The predicted octanol–water partition coefficient (Wildman–Crippen LogP) is 14.0. The number of pyridine rings is 1. The zero-order valence-corrected chi connectivity index (χ0v) is 32.9. The summed E-state index contributed by atoms with van der Waals surface area (Å²) in [6.07, 6.45) is 0. The molecule has 0 radical (unpaired) electrons. The Labute approximate surface area is 343 Å². The first kappa shape index (κ1) is 34.8. The Morgan fingerprint density at radius 2 is 0.864 bits per heavy atom. The summed E-state index contributed by atoms with van der Waals surface area (Å²) >= 11 is 0. The van der Waals surface area contributed by atoms with Gasteiger partial charge in [0.1, 0.15) is 5.44 Å². The van der Waals surface area contributed by atoms with E-state index >= 15 is 4.57 Å². The fourth-order valence-corrected chi connectivity index (χ4v) is 11.5. The summed E-state index contributed by atoms with van der Waals surface area (Å²) in [5, 5.41) is 2.37. The maximum absolute atomic E-state index is 17.0. The Balaban J connectivity index is 1.15. The van der Waals surface area contributed by atoms with Crippen LogP contribution < -0.4 is 14.8 Å². The maximum atomic E-state index is 17.0. The number of fused-ring (bicyclic) bond motifs is 4. The SMILES string of the molecule is O=P1(c2cc(-c3ccccc3)cc(-c3ccccc3)n2)N(c2ccccc2)c2ccc(-c3ccc4c(c3)c3ccccc3n4-c3ccccc3)cc2N1c1ccccc1. The molecule has 0 saturated carbocycles. The van der Waals surface area contributed by atoms with E-state index in [1.807, 2.05) is 112 Å². The first-order valence-electron chi connectivity index (χ1n) is 19.8. The monoisotopic (exact) mass is 776 g/mol. The second-order valence-electron chi connectivity index (χ2n) is 14.8. The van der Waals surface area contributed by atoms with Crippen molar-refractivity contribution in [2.75, 3.05) is 9.34 Å². The van der Waals surface area contributed by atoms with Crippen molar-refractivity contribution in [3.05, 3.63) is 224 Å². The Bertz CT molecular complexity index is 3130. The third kappa shape index (κ3) is 5.78. The van der Waals surface area contributed by atoms with Gasteiger partial charge in [-0.15, -0.1) is 0 Å². The lowest BCUT2D eigenvalue weighted by Gasteiger charge is -2.33. The predicted molar refractivity (Wildman–Crippen MR) is 246 cm³/mol. The van der Waals surface area contributed by atoms with Gasteiger partial charge in [-0.25, -0.2) is 4.98 Å². The topological polar surface area (TPSA) is 41.4 Å². The highest BCUT2D eigenvalue weighted by atomic mass is 31.2. The minimum atomic E-state index is -3.82. The highest BCUT2D eigenvalue weighted by molar-refractivity contribution is 7.75. The number of rotatable bonds is 7. The summed E-state index contributed by atoms with van der Waals surface area (Å²) < 4.78 is 23.4. The van der Waals surface area contributed by atoms with Crippen molar-refractivity contribution in [2.45, 2.75) is 0 Å². The molecule has 5 nitrogen and oxygen atoms in total. The quantitative estimate of drug-likeness (QED) is 0.151. The van der Waals surface area contributed by atoms with Crippen LogP contribution in [0.3, 0.4) is 0 Å². The number of para-hydroxylation sites is 4. The molecule has 0 aliphatic carbocycles. The fraction of sp³-hybridized carbons (Fsp3) is 0. The molecule has 59 heavy (non-hydrogen) atoms. The van der Waals surface area contributed by atoms with E-state index in [-0.39, 0.29) is 0 Å². The third-order valence-electron chi connectivity index (χ3n) is 11.3. The van der Waals surface area contributed by atoms with Gasteiger partial charge in [0.05, 0.1) is 28.1 Å². The van der Waals surface area contributed by atoms with Gasteiger partial charge in [0, 0.05) is 33.4 Å². The zero-order chi connectivity index (χ0) is 39.3. The van der Waals surface area contributed by atoms with Gasteiger partial charge in [0.15, 0.2) is 0 Å². The Kier molecular flexibility index (Phi) is 8.35. The van der Waals surface area contributed by atoms with Gasteiger partial charge in [0.25, 0.3) is 0 Å². The van der Waals surface area contributed by atoms with Crippen molar-refractivity contribution < 1.29 is 4.57 Å². The lowest BCUT2D eigenvalue weighted by Crippen LogP contribution is -2.28. The van der Waals surface area contributed by atoms with E-state index in [1.54, 1.807) is 0 Å². The molecule has 0 fully saturated rings. The summed E-state index contributed by atoms with van der Waals surface area (Å²) in [7, 11) is -3.82. The van der Waals surface area contributed by atoms with Gasteiger partial charge in [-0.05, 0) is 101 Å². The average Bonchev–Trinajstić information content (AvgIpc) is 3.79. The second kappa shape index (κ2) is 14.2. The molecule has 0 saturated heterocycles. The van der Waals surface area contributed by atoms with Crippen molar-refractivity contribution in [3.8, 4) is 39.2 Å². The first-order chi connectivity index (χ1) is 29.1. The molecule has 1 unspecified atom stereocenters. The third-order valence-corrected chi connectivity index (χ3v) is 14.1. The van der Waals surface area contributed by atoms with Crippen LogP contribution >= 0.6 is 7.44 Å². The van der Waals surface area contributed by atoms with E-state index in [0.717, 1.165) is 73.0 Å². The molecule has 0 N–H and O–H groups in total. The molecule has 0 amide bonds. The maximum Gasteiger partial charge on any atom is 0.319 e. The fourth-order valence-electron chi connectivity index (χ4n) is 8.59. The van der Waals surface area contributed by atoms with Crippen LogP contribution in [-0.4, -0.2) is 9.55 Å². The van der Waals surface area contributed by atoms with E-state index in [2.05, 4.69) is 126 Å². The standard InChI is InChI=1S/C53H37N4OP/c58-59(53-37-42(38-18-6-1-7-19-38)35-48(54-53)39-20-8-2-9-21-39)56(44-24-12-4-13-25-44)51-33-31-41(36-52(51)57(59)45-26-14-5-15-27-45)40-30-32-50-47(34-40)46-28-16-17-29-49(46)55(50)43-22-10-3-11-23-43/h1-37H. The molecule has 3 heterocycles. The second-order valence-corrected chi connectivity index (χ2v) is 17.1. The van der Waals surface area contributed by atoms with Crippen LogP contribution in [0.2, 0.25) is 0 Å². The lowest BCUT2D eigenvalue weighted by atomic mass is 10.0. The Morgan fingerprint density at radius 3 is 1.53 bits per heavy atom. The minimum absolute atomic E-state index is 0.498. The highest BCUT2D eigenvalue weighted by Gasteiger charge is 2.50. The molecule has 1 aliphatic heterocycles. The number of nitrogens with zero attached hydrogens (tertiary/aromatic N) is 4. The number of aromatic nitrogens is 2. The zero-order valence-electron chi connectivity index (χ0n) is 32.0. The largest absolute Gasteiger partial charge is 0.319 e. The average molecular weight is 777 g/mol. The van der Waals surface area contributed by atoms with Crippen LogP contribution in [0.25, 0.3) is 61.0 Å². The summed E-state index contributed by atoms with van der Waals surface area (Å²) in [4.78, 5) is 5.34. The molecule has 0 spiro atoms. The molecule has 10 aromatic rings. The molecule has 280 valence electrons. The van der Waals surface area contributed by atoms with Crippen molar-refractivity contribution >= 4 is 57.4 Å². The van der Waals surface area contributed by atoms with Crippen LogP contribution in [0.15, 0.2) is 224 Å². The van der Waals surface area contributed by atoms with Crippen LogP contribution in [0.4, 0.5) is 22.7 Å². The van der Waals surface area contributed by atoms with Gasteiger partial charge in [-0.3, -0.25) is 13.9 Å². The summed E-state index contributed by atoms with van der Waals surface area (Å²) in [6, 6.07) is 77.1. The van der Waals surface area contributed by atoms with Crippen molar-refractivity contribution in [3.63, 3.8) is 0 Å². The van der Waals surface area contributed by atoms with Gasteiger partial charge in [-0.2, -0.15) is 0 Å². The van der Waals surface area contributed by atoms with Crippen LogP contribution in [-0.2, 0) is 4.57 Å². The van der Waals surface area contributed by atoms with Crippen molar-refractivity contribution in [1.82, 2.24) is 9.55 Å². The highest BCUT2D eigenvalue weighted by Crippen LogP contribution is 2.70. The molecule has 6 heteroatoms. The smallest absolute Gasteiger partial charge is 0.309 e. The van der Waals surface area contributed by atoms with E-state index < -0.39 is 7.44 Å². The molecular weight excluding hydrogens is 740 g/mol. The molecule has 1 aliphatic rings. The number of benzene rings is 8. The summed E-state index contributed by atoms with van der Waals surface area (Å²) in [6.45, 7) is 0. The van der Waals surface area contributed by atoms with Crippen LogP contribution in [0, 0.1) is 0 Å². The summed E-state index contributed by atoms with van der Waals surface area (Å²) in [5.41, 5.74) is 13.1. The Hall–Kier alpha value is -7.46. The molecule has 0 bridgehead atoms. The molecular formula is C53H37N4OP. The van der Waals surface area contributed by atoms with Gasteiger partial charge < -0.3 is 4.57 Å². The number of hydrogen-bond donors (Lipinski definition) is 0. The van der Waals surface area contributed by atoms with E-state index in [0.29, 0.717) is 5.44 Å². The molecule has 11 rings (SSSR count). The molecule has 8 aromatic carbocycles. The normalized spacial score (nSPS) is 14.8. The van der Waals surface area contributed by atoms with E-state index in [1.165, 1.54) is 10.8 Å². The van der Waals surface area contributed by atoms with E-state index in [4.69, 9.17) is 4.98 Å². The Morgan fingerprint density at radius 1 is 0.356 bits per heavy atom. The molecule has 1 atom stereocenters. The number of hydrogen-bond acceptors (Lipinski definition) is 2. The van der Waals surface area contributed by atoms with Crippen molar-refractivity contribution in [1.29, 1.82) is 0 Å². The van der Waals surface area contributed by atoms with Gasteiger partial charge in [-0.1, -0.05) is 146 Å². The van der Waals surface area contributed by atoms with Crippen LogP contribution in [0.5, 0.6) is 0 Å². The number of anilines is 4. The van der Waals surface area contributed by atoms with Crippen molar-refractivity contribution in [2.24, 2.45) is 0 Å². The van der Waals surface area contributed by atoms with Gasteiger partial charge >= 0.3 is 7.44 Å². The minimum Gasteiger partial charge on any atom is -0.309 e. The molecule has 2 aromatic heterocycles. The summed E-state index contributed by atoms with van der Waals surface area (Å²) in [5.74, 6) is 0. The van der Waals surface area contributed by atoms with Crippen LogP contribution in [0.1, 0.15) is 0 Å². The van der Waals surface area contributed by atoms with E-state index in [9.17, 15) is 0 Å².